The number of rotatable bonds is 8. The van der Waals surface area contributed by atoms with E-state index in [1.807, 2.05) is 42.5 Å². The fraction of sp³-hybridized carbons (Fsp3) is 0.115. The van der Waals surface area contributed by atoms with E-state index in [2.05, 4.69) is 68.9 Å². The lowest BCUT2D eigenvalue weighted by Crippen LogP contribution is -2.06. The quantitative estimate of drug-likeness (QED) is 0.240. The Morgan fingerprint density at radius 3 is 2.52 bits per heavy atom. The Morgan fingerprint density at radius 2 is 1.65 bits per heavy atom. The number of nitrogens with one attached hydrogen (secondary N) is 1. The van der Waals surface area contributed by atoms with E-state index in [1.54, 1.807) is 13.3 Å². The van der Waals surface area contributed by atoms with Crippen LogP contribution in [-0.2, 0) is 13.2 Å². The van der Waals surface area contributed by atoms with Crippen molar-refractivity contribution in [3.8, 4) is 11.5 Å². The smallest absolute Gasteiger partial charge is 0.134 e. The van der Waals surface area contributed by atoms with Crippen LogP contribution in [0.5, 0.6) is 11.5 Å². The van der Waals surface area contributed by atoms with Crippen molar-refractivity contribution in [2.45, 2.75) is 13.2 Å². The number of halogens is 1. The first-order valence-corrected chi connectivity index (χ1v) is 10.8. The second-order valence-corrected chi connectivity index (χ2v) is 7.88. The van der Waals surface area contributed by atoms with Gasteiger partial charge >= 0.3 is 0 Å². The minimum atomic E-state index is 0.508. The molecule has 1 N–H and O–H groups in total. The molecule has 0 aliphatic carbocycles. The summed E-state index contributed by atoms with van der Waals surface area (Å²) in [5.74, 6) is 1.65. The van der Waals surface area contributed by atoms with Gasteiger partial charge in [0.2, 0.25) is 0 Å². The highest BCUT2D eigenvalue weighted by molar-refractivity contribution is 9.10. The van der Waals surface area contributed by atoms with Crippen LogP contribution >= 0.6 is 15.9 Å². The second kappa shape index (κ2) is 10.1. The van der Waals surface area contributed by atoms with E-state index in [0.717, 1.165) is 32.7 Å². The van der Waals surface area contributed by atoms with Crippen LogP contribution in [0.15, 0.2) is 94.5 Å². The third kappa shape index (κ3) is 5.25. The van der Waals surface area contributed by atoms with Crippen molar-refractivity contribution in [3.63, 3.8) is 0 Å². The Kier molecular flexibility index (Phi) is 6.85. The zero-order valence-corrected chi connectivity index (χ0v) is 18.8. The normalized spacial score (nSPS) is 11.0. The molecule has 0 aromatic heterocycles. The van der Waals surface area contributed by atoms with E-state index in [4.69, 9.17) is 9.47 Å². The summed E-state index contributed by atoms with van der Waals surface area (Å²) in [6.07, 6.45) is 1.79. The van der Waals surface area contributed by atoms with Crippen LogP contribution in [0, 0.1) is 0 Å². The number of hydrazone groups is 1. The van der Waals surface area contributed by atoms with Gasteiger partial charge in [-0.25, -0.2) is 0 Å². The lowest BCUT2D eigenvalue weighted by molar-refractivity contribution is 0.305. The minimum absolute atomic E-state index is 0.508. The molecule has 0 atom stereocenters. The van der Waals surface area contributed by atoms with Crippen LogP contribution in [0.1, 0.15) is 16.7 Å². The van der Waals surface area contributed by atoms with Gasteiger partial charge < -0.3 is 14.9 Å². The average molecular weight is 475 g/mol. The number of benzene rings is 4. The molecule has 0 spiro atoms. The second-order valence-electron chi connectivity index (χ2n) is 7.02. The summed E-state index contributed by atoms with van der Waals surface area (Å²) in [6.45, 7) is 1.10. The Balaban J connectivity index is 1.37. The summed E-state index contributed by atoms with van der Waals surface area (Å²) < 4.78 is 12.3. The predicted octanol–water partition coefficient (Wildman–Crippen LogP) is 6.31. The molecule has 0 aliphatic rings. The highest BCUT2D eigenvalue weighted by atomic mass is 79.9. The maximum Gasteiger partial charge on any atom is 0.134 e. The number of hydrogen-bond donors (Lipinski definition) is 1. The maximum atomic E-state index is 6.07. The largest absolute Gasteiger partial charge is 0.496 e. The van der Waals surface area contributed by atoms with Gasteiger partial charge in [0.25, 0.3) is 0 Å². The number of hydrogen-bond acceptors (Lipinski definition) is 4. The molecule has 0 amide bonds. The van der Waals surface area contributed by atoms with Crippen molar-refractivity contribution in [1.82, 2.24) is 5.43 Å². The van der Waals surface area contributed by atoms with Crippen LogP contribution < -0.4 is 14.9 Å². The fourth-order valence-electron chi connectivity index (χ4n) is 3.39. The average Bonchev–Trinajstić information content (AvgIpc) is 2.81. The third-order valence-corrected chi connectivity index (χ3v) is 5.61. The van der Waals surface area contributed by atoms with Crippen molar-refractivity contribution in [1.29, 1.82) is 0 Å². The van der Waals surface area contributed by atoms with E-state index in [9.17, 15) is 0 Å². The van der Waals surface area contributed by atoms with E-state index in [1.165, 1.54) is 10.8 Å². The first kappa shape index (κ1) is 20.9. The Hall–Kier alpha value is -3.31. The molecule has 31 heavy (non-hydrogen) atoms. The first-order valence-electron chi connectivity index (χ1n) is 10.0. The molecule has 0 saturated carbocycles. The lowest BCUT2D eigenvalue weighted by Gasteiger charge is -2.11. The summed E-state index contributed by atoms with van der Waals surface area (Å²) in [4.78, 5) is 0. The number of para-hydroxylation sites is 1. The van der Waals surface area contributed by atoms with Gasteiger partial charge in [0.15, 0.2) is 0 Å². The van der Waals surface area contributed by atoms with Crippen LogP contribution in [0.4, 0.5) is 0 Å². The first-order chi connectivity index (χ1) is 15.2. The molecule has 0 aliphatic heterocycles. The molecule has 0 bridgehead atoms. The highest BCUT2D eigenvalue weighted by Gasteiger charge is 2.05. The summed E-state index contributed by atoms with van der Waals surface area (Å²) in [6, 6.07) is 28.4. The van der Waals surface area contributed by atoms with Gasteiger partial charge in [0.05, 0.1) is 24.3 Å². The van der Waals surface area contributed by atoms with Crippen LogP contribution in [-0.4, -0.2) is 13.3 Å². The molecule has 0 unspecified atom stereocenters. The zero-order chi connectivity index (χ0) is 21.5. The monoisotopic (exact) mass is 474 g/mol. The van der Waals surface area contributed by atoms with Gasteiger partial charge in [-0.15, -0.1) is 0 Å². The molecule has 5 heteroatoms. The van der Waals surface area contributed by atoms with E-state index >= 15 is 0 Å². The Labute approximate surface area is 190 Å². The van der Waals surface area contributed by atoms with Gasteiger partial charge in [0.1, 0.15) is 18.1 Å². The van der Waals surface area contributed by atoms with E-state index in [0.29, 0.717) is 13.2 Å². The molecule has 0 fully saturated rings. The Bertz CT molecular complexity index is 1200. The zero-order valence-electron chi connectivity index (χ0n) is 17.2. The summed E-state index contributed by atoms with van der Waals surface area (Å²) in [5, 5.41) is 6.75. The molecule has 4 aromatic rings. The summed E-state index contributed by atoms with van der Waals surface area (Å²) in [7, 11) is 1.67. The van der Waals surface area contributed by atoms with Gasteiger partial charge in [-0.2, -0.15) is 5.10 Å². The van der Waals surface area contributed by atoms with Crippen molar-refractivity contribution < 1.29 is 9.47 Å². The number of ether oxygens (including phenoxy) is 2. The van der Waals surface area contributed by atoms with Crippen LogP contribution in [0.25, 0.3) is 10.8 Å². The summed E-state index contributed by atoms with van der Waals surface area (Å²) >= 11 is 3.61. The summed E-state index contributed by atoms with van der Waals surface area (Å²) in [5.41, 5.74) is 6.25. The highest BCUT2D eigenvalue weighted by Crippen LogP contribution is 2.27. The fourth-order valence-corrected chi connectivity index (χ4v) is 3.90. The molecular weight excluding hydrogens is 452 g/mol. The molecule has 0 saturated heterocycles. The molecule has 0 radical (unpaired) electrons. The predicted molar refractivity (Wildman–Crippen MR) is 130 cm³/mol. The Morgan fingerprint density at radius 1 is 0.871 bits per heavy atom. The lowest BCUT2D eigenvalue weighted by atomic mass is 10.1. The van der Waals surface area contributed by atoms with Gasteiger partial charge in [-0.1, -0.05) is 60.7 Å². The third-order valence-electron chi connectivity index (χ3n) is 4.99. The van der Waals surface area contributed by atoms with Gasteiger partial charge in [0, 0.05) is 5.56 Å². The van der Waals surface area contributed by atoms with Gasteiger partial charge in [-0.05, 0) is 62.1 Å². The molecular formula is C26H23BrN2O2. The molecule has 0 heterocycles. The van der Waals surface area contributed by atoms with Gasteiger partial charge in [-0.3, -0.25) is 0 Å². The number of fused-ring (bicyclic) bond motifs is 1. The van der Waals surface area contributed by atoms with Crippen LogP contribution in [0.2, 0.25) is 0 Å². The van der Waals surface area contributed by atoms with Crippen LogP contribution in [0.3, 0.4) is 0 Å². The minimum Gasteiger partial charge on any atom is -0.496 e. The van der Waals surface area contributed by atoms with Crippen molar-refractivity contribution in [3.05, 3.63) is 106 Å². The molecule has 4 rings (SSSR count). The SMILES string of the molecule is COc1ccccc1CN/N=C\c1ccc(OCc2cccc3ccccc23)c(Br)c1. The van der Waals surface area contributed by atoms with Crippen molar-refractivity contribution >= 4 is 32.9 Å². The number of methoxy groups -OCH3 is 1. The number of nitrogens with zero attached hydrogens (tertiary/aromatic N) is 1. The van der Waals surface area contributed by atoms with Crippen molar-refractivity contribution in [2.24, 2.45) is 5.10 Å². The molecule has 4 nitrogen and oxygen atoms in total. The van der Waals surface area contributed by atoms with Crippen molar-refractivity contribution in [2.75, 3.05) is 7.11 Å². The van der Waals surface area contributed by atoms with E-state index < -0.39 is 0 Å². The topological polar surface area (TPSA) is 42.8 Å². The van der Waals surface area contributed by atoms with E-state index in [-0.39, 0.29) is 0 Å². The maximum absolute atomic E-state index is 6.07. The molecule has 156 valence electrons. The standard InChI is InChI=1S/C26H23BrN2O2/c1-30-25-12-5-3-8-21(25)17-29-28-16-19-13-14-26(24(27)15-19)31-18-22-10-6-9-20-7-2-4-11-23(20)22/h2-16,29H,17-18H2,1H3/b28-16-. The molecule has 4 aromatic carbocycles.